The molecule has 0 aliphatic carbocycles. The van der Waals surface area contributed by atoms with Gasteiger partial charge in [-0.1, -0.05) is 30.3 Å². The van der Waals surface area contributed by atoms with Gasteiger partial charge in [0.25, 0.3) is 5.91 Å². The number of ether oxygens (including phenoxy) is 1. The van der Waals surface area contributed by atoms with E-state index in [4.69, 9.17) is 4.74 Å². The zero-order valence-electron chi connectivity index (χ0n) is 14.8. The average Bonchev–Trinajstić information content (AvgIpc) is 3.13. The van der Waals surface area contributed by atoms with Crippen molar-refractivity contribution >= 4 is 11.6 Å². The molecule has 3 aromatic rings. The second-order valence-corrected chi connectivity index (χ2v) is 6.44. The van der Waals surface area contributed by atoms with E-state index in [1.54, 1.807) is 16.9 Å². The number of fused-ring (bicyclic) bond motifs is 1. The van der Waals surface area contributed by atoms with Crippen LogP contribution < -0.4 is 0 Å². The number of nitrogens with zero attached hydrogens (tertiary/aromatic N) is 4. The fraction of sp³-hybridized carbons (Fsp3) is 0.350. The van der Waals surface area contributed by atoms with Crippen LogP contribution in [0.5, 0.6) is 0 Å². The minimum absolute atomic E-state index is 0.00680. The van der Waals surface area contributed by atoms with Crippen molar-refractivity contribution in [3.05, 3.63) is 54.4 Å². The van der Waals surface area contributed by atoms with Crippen LogP contribution >= 0.6 is 0 Å². The molecule has 4 rings (SSSR count). The molecule has 1 aromatic carbocycles. The molecule has 26 heavy (non-hydrogen) atoms. The molecular formula is C20H22N4O2. The van der Waals surface area contributed by atoms with Gasteiger partial charge in [-0.15, -0.1) is 0 Å². The Morgan fingerprint density at radius 2 is 1.96 bits per heavy atom. The number of hydrogen-bond acceptors (Lipinski definition) is 4. The van der Waals surface area contributed by atoms with Crippen LogP contribution in [0.2, 0.25) is 0 Å². The third-order valence-electron chi connectivity index (χ3n) is 4.83. The van der Waals surface area contributed by atoms with Gasteiger partial charge in [0.05, 0.1) is 18.0 Å². The van der Waals surface area contributed by atoms with E-state index in [-0.39, 0.29) is 12.0 Å². The SMILES string of the molecule is CCOC1CCN(C(=O)c2cnn3c(-c4ccccc4)ccnc23)CC1. The summed E-state index contributed by atoms with van der Waals surface area (Å²) in [6, 6.07) is 11.9. The van der Waals surface area contributed by atoms with Crippen LogP contribution in [-0.2, 0) is 4.74 Å². The molecule has 6 nitrogen and oxygen atoms in total. The summed E-state index contributed by atoms with van der Waals surface area (Å²) in [7, 11) is 0. The Morgan fingerprint density at radius 3 is 2.69 bits per heavy atom. The Hall–Kier alpha value is -2.73. The van der Waals surface area contributed by atoms with Gasteiger partial charge in [-0.2, -0.15) is 5.10 Å². The van der Waals surface area contributed by atoms with E-state index < -0.39 is 0 Å². The van der Waals surface area contributed by atoms with E-state index in [1.165, 1.54) is 0 Å². The molecule has 0 N–H and O–H groups in total. The largest absolute Gasteiger partial charge is 0.378 e. The van der Waals surface area contributed by atoms with Crippen molar-refractivity contribution in [1.82, 2.24) is 19.5 Å². The number of aromatic nitrogens is 3. The summed E-state index contributed by atoms with van der Waals surface area (Å²) in [5.41, 5.74) is 3.12. The lowest BCUT2D eigenvalue weighted by Crippen LogP contribution is -2.40. The average molecular weight is 350 g/mol. The van der Waals surface area contributed by atoms with Gasteiger partial charge >= 0.3 is 0 Å². The van der Waals surface area contributed by atoms with Gasteiger partial charge in [0.2, 0.25) is 0 Å². The molecule has 1 aliphatic heterocycles. The molecule has 134 valence electrons. The number of likely N-dealkylation sites (tertiary alicyclic amines) is 1. The fourth-order valence-electron chi connectivity index (χ4n) is 3.50. The summed E-state index contributed by atoms with van der Waals surface area (Å²) in [6.45, 7) is 4.14. The van der Waals surface area contributed by atoms with E-state index >= 15 is 0 Å². The molecule has 0 bridgehead atoms. The Balaban J connectivity index is 1.61. The summed E-state index contributed by atoms with van der Waals surface area (Å²) in [5.74, 6) is -0.00680. The van der Waals surface area contributed by atoms with E-state index in [0.717, 1.165) is 30.7 Å². The first-order chi connectivity index (χ1) is 12.8. The van der Waals surface area contributed by atoms with Gasteiger partial charge in [0.1, 0.15) is 5.56 Å². The minimum Gasteiger partial charge on any atom is -0.378 e. The highest BCUT2D eigenvalue weighted by molar-refractivity contribution is 6.00. The van der Waals surface area contributed by atoms with Crippen molar-refractivity contribution < 1.29 is 9.53 Å². The molecule has 3 heterocycles. The van der Waals surface area contributed by atoms with Crippen molar-refractivity contribution in [2.24, 2.45) is 0 Å². The van der Waals surface area contributed by atoms with Crippen molar-refractivity contribution in [2.45, 2.75) is 25.9 Å². The Kier molecular flexibility index (Phi) is 4.67. The standard InChI is InChI=1S/C20H22N4O2/c1-2-26-16-9-12-23(13-10-16)20(25)17-14-22-24-18(8-11-21-19(17)24)15-6-4-3-5-7-15/h3-8,11,14,16H,2,9-10,12-13H2,1H3. The zero-order chi connectivity index (χ0) is 17.9. The highest BCUT2D eigenvalue weighted by atomic mass is 16.5. The molecule has 1 fully saturated rings. The first kappa shape index (κ1) is 16.7. The van der Waals surface area contributed by atoms with Gasteiger partial charge in [0, 0.05) is 31.5 Å². The second-order valence-electron chi connectivity index (χ2n) is 6.44. The molecule has 0 unspecified atom stereocenters. The van der Waals surface area contributed by atoms with Crippen molar-refractivity contribution in [1.29, 1.82) is 0 Å². The third-order valence-corrected chi connectivity index (χ3v) is 4.83. The number of benzene rings is 1. The highest BCUT2D eigenvalue weighted by Crippen LogP contribution is 2.22. The van der Waals surface area contributed by atoms with Crippen LogP contribution in [0.4, 0.5) is 0 Å². The van der Waals surface area contributed by atoms with Crippen molar-refractivity contribution in [3.8, 4) is 11.3 Å². The fourth-order valence-corrected chi connectivity index (χ4v) is 3.50. The first-order valence-corrected chi connectivity index (χ1v) is 9.07. The maximum Gasteiger partial charge on any atom is 0.259 e. The molecule has 0 spiro atoms. The summed E-state index contributed by atoms with van der Waals surface area (Å²) < 4.78 is 7.42. The van der Waals surface area contributed by atoms with Crippen LogP contribution in [0.15, 0.2) is 48.8 Å². The molecule has 0 saturated carbocycles. The predicted octanol–water partition coefficient (Wildman–Crippen LogP) is 3.04. The van der Waals surface area contributed by atoms with Crippen molar-refractivity contribution in [2.75, 3.05) is 19.7 Å². The van der Waals surface area contributed by atoms with E-state index in [1.807, 2.05) is 48.2 Å². The number of amides is 1. The number of piperidine rings is 1. The molecule has 0 atom stereocenters. The molecule has 1 saturated heterocycles. The van der Waals surface area contributed by atoms with Crippen LogP contribution in [-0.4, -0.2) is 51.2 Å². The summed E-state index contributed by atoms with van der Waals surface area (Å²) in [5, 5.41) is 4.44. The lowest BCUT2D eigenvalue weighted by atomic mass is 10.1. The second kappa shape index (κ2) is 7.25. The van der Waals surface area contributed by atoms with Crippen molar-refractivity contribution in [3.63, 3.8) is 0 Å². The first-order valence-electron chi connectivity index (χ1n) is 9.07. The Labute approximate surface area is 152 Å². The summed E-state index contributed by atoms with van der Waals surface area (Å²) >= 11 is 0. The number of hydrogen-bond donors (Lipinski definition) is 0. The molecule has 1 aliphatic rings. The normalized spacial score (nSPS) is 15.5. The van der Waals surface area contributed by atoms with Crippen LogP contribution in [0, 0.1) is 0 Å². The van der Waals surface area contributed by atoms with E-state index in [2.05, 4.69) is 10.1 Å². The number of carbonyl (C=O) groups is 1. The van der Waals surface area contributed by atoms with Gasteiger partial charge in [0.15, 0.2) is 5.65 Å². The minimum atomic E-state index is -0.00680. The predicted molar refractivity (Wildman–Crippen MR) is 99.0 cm³/mol. The van der Waals surface area contributed by atoms with Crippen LogP contribution in [0.3, 0.4) is 0 Å². The maximum absolute atomic E-state index is 13.0. The number of carbonyl (C=O) groups excluding carboxylic acids is 1. The maximum atomic E-state index is 13.0. The number of rotatable bonds is 4. The highest BCUT2D eigenvalue weighted by Gasteiger charge is 2.26. The van der Waals surface area contributed by atoms with Crippen LogP contribution in [0.1, 0.15) is 30.1 Å². The topological polar surface area (TPSA) is 59.7 Å². The van der Waals surface area contributed by atoms with Gasteiger partial charge < -0.3 is 9.64 Å². The zero-order valence-corrected chi connectivity index (χ0v) is 14.8. The molecular weight excluding hydrogens is 328 g/mol. The molecule has 2 aromatic heterocycles. The summed E-state index contributed by atoms with van der Waals surface area (Å²) in [6.07, 6.45) is 5.38. The van der Waals surface area contributed by atoms with Gasteiger partial charge in [-0.3, -0.25) is 4.79 Å². The lowest BCUT2D eigenvalue weighted by molar-refractivity contribution is 0.0146. The Morgan fingerprint density at radius 1 is 1.19 bits per heavy atom. The molecule has 0 radical (unpaired) electrons. The molecule has 1 amide bonds. The van der Waals surface area contributed by atoms with Gasteiger partial charge in [-0.05, 0) is 25.8 Å². The van der Waals surface area contributed by atoms with E-state index in [9.17, 15) is 4.79 Å². The van der Waals surface area contributed by atoms with Gasteiger partial charge in [-0.25, -0.2) is 9.50 Å². The Bertz CT molecular complexity index is 899. The third kappa shape index (κ3) is 3.08. The smallest absolute Gasteiger partial charge is 0.259 e. The summed E-state index contributed by atoms with van der Waals surface area (Å²) in [4.78, 5) is 19.3. The monoisotopic (exact) mass is 350 g/mol. The molecule has 6 heteroatoms. The lowest BCUT2D eigenvalue weighted by Gasteiger charge is -2.31. The van der Waals surface area contributed by atoms with E-state index in [0.29, 0.717) is 24.3 Å². The quantitative estimate of drug-likeness (QED) is 0.726. The van der Waals surface area contributed by atoms with Crippen LogP contribution in [0.25, 0.3) is 16.9 Å².